The molecule has 0 unspecified atom stereocenters. The van der Waals surface area contributed by atoms with Gasteiger partial charge in [-0.3, -0.25) is 9.59 Å². The van der Waals surface area contributed by atoms with Crippen molar-refractivity contribution in [2.24, 2.45) is 0 Å². The van der Waals surface area contributed by atoms with E-state index in [9.17, 15) is 14.4 Å². The lowest BCUT2D eigenvalue weighted by molar-refractivity contribution is 0.0966. The maximum atomic E-state index is 12.3. The van der Waals surface area contributed by atoms with Crippen molar-refractivity contribution >= 4 is 17.4 Å². The highest BCUT2D eigenvalue weighted by molar-refractivity contribution is 7.04. The standard InChI is InChI=1S/C16H12N2O3S/c19-14(13-9-5-2-6-10-13)18-15(20)17(16(21)22-18)11-12-7-3-1-4-8-12/h1-10H,11H2. The second-order valence-electron chi connectivity index (χ2n) is 4.68. The summed E-state index contributed by atoms with van der Waals surface area (Å²) in [6, 6.07) is 17.6. The van der Waals surface area contributed by atoms with Crippen LogP contribution in [0.5, 0.6) is 0 Å². The average Bonchev–Trinajstić information content (AvgIpc) is 2.84. The molecule has 2 aromatic carbocycles. The molecule has 110 valence electrons. The van der Waals surface area contributed by atoms with Crippen LogP contribution in [0, 0.1) is 0 Å². The van der Waals surface area contributed by atoms with Crippen LogP contribution in [-0.2, 0) is 6.54 Å². The van der Waals surface area contributed by atoms with Crippen molar-refractivity contribution < 1.29 is 4.79 Å². The van der Waals surface area contributed by atoms with Crippen LogP contribution in [0.2, 0.25) is 0 Å². The fourth-order valence-corrected chi connectivity index (χ4v) is 2.84. The molecule has 5 nitrogen and oxygen atoms in total. The fraction of sp³-hybridized carbons (Fsp3) is 0.0625. The van der Waals surface area contributed by atoms with Crippen molar-refractivity contribution in [3.63, 3.8) is 0 Å². The molecule has 1 aromatic heterocycles. The first-order valence-electron chi connectivity index (χ1n) is 6.63. The average molecular weight is 312 g/mol. The van der Waals surface area contributed by atoms with Crippen molar-refractivity contribution in [3.8, 4) is 0 Å². The van der Waals surface area contributed by atoms with Gasteiger partial charge in [-0.15, -0.1) is 0 Å². The Morgan fingerprint density at radius 1 is 0.909 bits per heavy atom. The molecule has 0 bridgehead atoms. The number of carbonyl (C=O) groups is 1. The molecule has 0 amide bonds. The molecule has 6 heteroatoms. The number of carbonyl (C=O) groups excluding carboxylic acids is 1. The Balaban J connectivity index is 1.99. The van der Waals surface area contributed by atoms with E-state index in [0.717, 1.165) is 14.1 Å². The molecular formula is C16H12N2O3S. The van der Waals surface area contributed by atoms with Gasteiger partial charge in [-0.1, -0.05) is 48.5 Å². The minimum Gasteiger partial charge on any atom is -0.267 e. The normalized spacial score (nSPS) is 10.5. The Hall–Kier alpha value is -2.73. The third-order valence-electron chi connectivity index (χ3n) is 3.18. The summed E-state index contributed by atoms with van der Waals surface area (Å²) in [7, 11) is 0. The van der Waals surface area contributed by atoms with Gasteiger partial charge in [0.15, 0.2) is 0 Å². The van der Waals surface area contributed by atoms with E-state index in [4.69, 9.17) is 0 Å². The Labute approximate surface area is 129 Å². The highest BCUT2D eigenvalue weighted by Crippen LogP contribution is 2.03. The Morgan fingerprint density at radius 2 is 1.50 bits per heavy atom. The zero-order chi connectivity index (χ0) is 15.5. The second-order valence-corrected chi connectivity index (χ2v) is 5.57. The van der Waals surface area contributed by atoms with E-state index in [1.54, 1.807) is 30.3 Å². The molecule has 3 rings (SSSR count). The van der Waals surface area contributed by atoms with Crippen molar-refractivity contribution in [1.29, 1.82) is 0 Å². The molecule has 0 aliphatic heterocycles. The zero-order valence-corrected chi connectivity index (χ0v) is 12.3. The van der Waals surface area contributed by atoms with Crippen molar-refractivity contribution in [2.75, 3.05) is 0 Å². The maximum Gasteiger partial charge on any atom is 0.348 e. The highest BCUT2D eigenvalue weighted by Gasteiger charge is 2.17. The minimum atomic E-state index is -0.604. The van der Waals surface area contributed by atoms with Crippen LogP contribution in [-0.4, -0.2) is 14.4 Å². The zero-order valence-electron chi connectivity index (χ0n) is 11.5. The van der Waals surface area contributed by atoms with Gasteiger partial charge in [0.25, 0.3) is 5.91 Å². The van der Waals surface area contributed by atoms with Crippen LogP contribution in [0.25, 0.3) is 0 Å². The highest BCUT2D eigenvalue weighted by atomic mass is 32.1. The van der Waals surface area contributed by atoms with Crippen LogP contribution in [0.15, 0.2) is 70.3 Å². The molecule has 22 heavy (non-hydrogen) atoms. The molecule has 3 aromatic rings. The van der Waals surface area contributed by atoms with Gasteiger partial charge in [-0.05, 0) is 17.7 Å². The van der Waals surface area contributed by atoms with E-state index in [0.29, 0.717) is 17.1 Å². The van der Waals surface area contributed by atoms with Gasteiger partial charge in [0.2, 0.25) is 0 Å². The van der Waals surface area contributed by atoms with Gasteiger partial charge >= 0.3 is 10.6 Å². The smallest absolute Gasteiger partial charge is 0.267 e. The Kier molecular flexibility index (Phi) is 3.84. The summed E-state index contributed by atoms with van der Waals surface area (Å²) < 4.78 is 1.97. The number of benzene rings is 2. The van der Waals surface area contributed by atoms with Crippen molar-refractivity contribution in [3.05, 3.63) is 91.9 Å². The Bertz CT molecular complexity index is 908. The van der Waals surface area contributed by atoms with Crippen LogP contribution in [0.4, 0.5) is 0 Å². The molecule has 0 saturated heterocycles. The van der Waals surface area contributed by atoms with Crippen LogP contribution < -0.4 is 10.6 Å². The number of rotatable bonds is 3. The second kappa shape index (κ2) is 5.95. The van der Waals surface area contributed by atoms with E-state index in [1.807, 2.05) is 30.3 Å². The lowest BCUT2D eigenvalue weighted by Gasteiger charge is -2.00. The predicted molar refractivity (Wildman–Crippen MR) is 84.6 cm³/mol. The van der Waals surface area contributed by atoms with Crippen molar-refractivity contribution in [2.45, 2.75) is 6.54 Å². The maximum absolute atomic E-state index is 12.3. The summed E-state index contributed by atoms with van der Waals surface area (Å²) in [4.78, 5) is 36.2. The summed E-state index contributed by atoms with van der Waals surface area (Å²) >= 11 is 0.625. The van der Waals surface area contributed by atoms with Gasteiger partial charge in [0.05, 0.1) is 6.54 Å². The third-order valence-corrected chi connectivity index (χ3v) is 4.06. The van der Waals surface area contributed by atoms with E-state index < -0.39 is 16.5 Å². The fourth-order valence-electron chi connectivity index (χ4n) is 2.08. The SMILES string of the molecule is O=C(c1ccccc1)n1sc(=O)n(Cc2ccccc2)c1=O. The summed E-state index contributed by atoms with van der Waals surface area (Å²) in [5, 5.41) is 0. The quantitative estimate of drug-likeness (QED) is 0.741. The molecule has 0 fully saturated rings. The number of hydrogen-bond donors (Lipinski definition) is 0. The van der Waals surface area contributed by atoms with Crippen LogP contribution >= 0.6 is 11.5 Å². The molecule has 0 saturated carbocycles. The largest absolute Gasteiger partial charge is 0.348 e. The first-order chi connectivity index (χ1) is 10.7. The summed E-state index contributed by atoms with van der Waals surface area (Å²) in [6.07, 6.45) is 0. The van der Waals surface area contributed by atoms with Crippen molar-refractivity contribution in [1.82, 2.24) is 8.52 Å². The van der Waals surface area contributed by atoms with Gasteiger partial charge in [-0.25, -0.2) is 9.36 Å². The van der Waals surface area contributed by atoms with Gasteiger partial charge in [-0.2, -0.15) is 3.96 Å². The van der Waals surface area contributed by atoms with E-state index in [-0.39, 0.29) is 6.54 Å². The first kappa shape index (κ1) is 14.2. The summed E-state index contributed by atoms with van der Waals surface area (Å²) in [6.45, 7) is 0.157. The monoisotopic (exact) mass is 312 g/mol. The van der Waals surface area contributed by atoms with E-state index in [1.165, 1.54) is 0 Å². The molecule has 0 aliphatic carbocycles. The Morgan fingerprint density at radius 3 is 2.14 bits per heavy atom. The third kappa shape index (κ3) is 2.68. The molecule has 1 heterocycles. The molecule has 0 aliphatic rings. The summed E-state index contributed by atoms with van der Waals surface area (Å²) in [5.41, 5.74) is 0.601. The van der Waals surface area contributed by atoms with Gasteiger partial charge < -0.3 is 0 Å². The molecule has 0 radical (unpaired) electrons. The number of aromatic nitrogens is 2. The first-order valence-corrected chi connectivity index (χ1v) is 7.41. The number of hydrogen-bond acceptors (Lipinski definition) is 4. The summed E-state index contributed by atoms with van der Waals surface area (Å²) in [5.74, 6) is -0.487. The van der Waals surface area contributed by atoms with Crippen LogP contribution in [0.3, 0.4) is 0 Å². The van der Waals surface area contributed by atoms with Crippen LogP contribution in [0.1, 0.15) is 15.9 Å². The molecular weight excluding hydrogens is 300 g/mol. The topological polar surface area (TPSA) is 61.1 Å². The van der Waals surface area contributed by atoms with E-state index in [2.05, 4.69) is 0 Å². The molecule has 0 spiro atoms. The lowest BCUT2D eigenvalue weighted by Crippen LogP contribution is -2.32. The van der Waals surface area contributed by atoms with E-state index >= 15 is 0 Å². The molecule has 0 N–H and O–H groups in total. The lowest BCUT2D eigenvalue weighted by atomic mass is 10.2. The number of nitrogens with zero attached hydrogens (tertiary/aromatic N) is 2. The molecule has 0 atom stereocenters. The predicted octanol–water partition coefficient (Wildman–Crippen LogP) is 1.81. The van der Waals surface area contributed by atoms with Gasteiger partial charge in [0.1, 0.15) is 0 Å². The minimum absolute atomic E-state index is 0.157. The van der Waals surface area contributed by atoms with Gasteiger partial charge in [0, 0.05) is 17.1 Å².